The Bertz CT molecular complexity index is 592. The molecule has 1 amide bonds. The average molecular weight is 275 g/mol. The molecule has 0 aliphatic rings. The number of carbonyl (C=O) groups is 1. The number of aromatic nitrogens is 2. The molecule has 108 valence electrons. The number of benzene rings is 1. The molecule has 20 heavy (non-hydrogen) atoms. The van der Waals surface area contributed by atoms with Crippen molar-refractivity contribution in [2.24, 2.45) is 0 Å². The first kappa shape index (κ1) is 14.5. The highest BCUT2D eigenvalue weighted by atomic mass is 16.5. The van der Waals surface area contributed by atoms with Crippen LogP contribution < -0.4 is 5.32 Å². The highest BCUT2D eigenvalue weighted by molar-refractivity contribution is 5.81. The predicted octanol–water partition coefficient (Wildman–Crippen LogP) is 2.10. The summed E-state index contributed by atoms with van der Waals surface area (Å²) in [4.78, 5) is 16.6. The van der Waals surface area contributed by atoms with Crippen molar-refractivity contribution in [2.45, 2.75) is 39.5 Å². The number of methoxy groups -OCH3 is 1. The summed E-state index contributed by atoms with van der Waals surface area (Å²) in [6.07, 6.45) is 0.918. The van der Waals surface area contributed by atoms with Gasteiger partial charge < -0.3 is 14.6 Å². The van der Waals surface area contributed by atoms with E-state index in [2.05, 4.69) is 10.3 Å². The van der Waals surface area contributed by atoms with E-state index in [1.165, 1.54) is 0 Å². The molecule has 0 spiro atoms. The highest BCUT2D eigenvalue weighted by Crippen LogP contribution is 2.16. The number of hydrogen-bond donors (Lipinski definition) is 1. The number of amides is 1. The maximum absolute atomic E-state index is 12.1. The summed E-state index contributed by atoms with van der Waals surface area (Å²) in [5.41, 5.74) is 1.84. The molecule has 0 aliphatic heterocycles. The van der Waals surface area contributed by atoms with Crippen molar-refractivity contribution in [3.63, 3.8) is 0 Å². The van der Waals surface area contributed by atoms with Crippen LogP contribution in [0.2, 0.25) is 0 Å². The summed E-state index contributed by atoms with van der Waals surface area (Å²) in [6.45, 7) is 4.71. The highest BCUT2D eigenvalue weighted by Gasteiger charge is 2.14. The van der Waals surface area contributed by atoms with Gasteiger partial charge in [0.25, 0.3) is 0 Å². The number of rotatable bonds is 6. The molecule has 0 fully saturated rings. The van der Waals surface area contributed by atoms with Crippen LogP contribution in [0.3, 0.4) is 0 Å². The van der Waals surface area contributed by atoms with E-state index >= 15 is 0 Å². The number of imidazole rings is 1. The molecule has 2 rings (SSSR count). The van der Waals surface area contributed by atoms with Gasteiger partial charge in [0.05, 0.1) is 11.0 Å². The third-order valence-corrected chi connectivity index (χ3v) is 3.33. The second kappa shape index (κ2) is 6.52. The fourth-order valence-electron chi connectivity index (χ4n) is 2.11. The van der Waals surface area contributed by atoms with Gasteiger partial charge in [-0.1, -0.05) is 19.1 Å². The molecule has 0 saturated carbocycles. The predicted molar refractivity (Wildman–Crippen MR) is 78.3 cm³/mol. The van der Waals surface area contributed by atoms with Gasteiger partial charge in [0, 0.05) is 13.2 Å². The standard InChI is InChI=1S/C15H21N3O2/c1-4-11(2)16-15(19)9-18-13-8-6-5-7-12(13)17-14(18)10-20-3/h5-8,11H,4,9-10H2,1-3H3,(H,16,19). The van der Waals surface area contributed by atoms with Crippen LogP contribution in [0.1, 0.15) is 26.1 Å². The van der Waals surface area contributed by atoms with Crippen molar-refractivity contribution in [3.05, 3.63) is 30.1 Å². The first-order valence-corrected chi connectivity index (χ1v) is 6.88. The maximum atomic E-state index is 12.1. The van der Waals surface area contributed by atoms with Crippen LogP contribution in [-0.2, 0) is 22.7 Å². The molecule has 0 saturated heterocycles. The normalized spacial score (nSPS) is 12.6. The summed E-state index contributed by atoms with van der Waals surface area (Å²) in [6, 6.07) is 7.98. The van der Waals surface area contributed by atoms with Gasteiger partial charge in [0.2, 0.25) is 5.91 Å². The minimum atomic E-state index is -0.000133. The zero-order valence-electron chi connectivity index (χ0n) is 12.2. The van der Waals surface area contributed by atoms with Crippen molar-refractivity contribution in [2.75, 3.05) is 7.11 Å². The summed E-state index contributed by atoms with van der Waals surface area (Å²) in [5, 5.41) is 2.97. The number of nitrogens with zero attached hydrogens (tertiary/aromatic N) is 2. The molecule has 1 aromatic carbocycles. The van der Waals surface area contributed by atoms with E-state index in [1.54, 1.807) is 7.11 Å². The average Bonchev–Trinajstić information content (AvgIpc) is 2.77. The molecule has 5 nitrogen and oxygen atoms in total. The number of fused-ring (bicyclic) bond motifs is 1. The van der Waals surface area contributed by atoms with Crippen molar-refractivity contribution in [1.82, 2.24) is 14.9 Å². The molecule has 2 aromatic rings. The van der Waals surface area contributed by atoms with Crippen LogP contribution >= 0.6 is 0 Å². The summed E-state index contributed by atoms with van der Waals surface area (Å²) >= 11 is 0. The molecule has 5 heteroatoms. The van der Waals surface area contributed by atoms with E-state index in [1.807, 2.05) is 42.7 Å². The van der Waals surface area contributed by atoms with Gasteiger partial charge in [-0.25, -0.2) is 4.98 Å². The van der Waals surface area contributed by atoms with Crippen LogP contribution in [0.15, 0.2) is 24.3 Å². The van der Waals surface area contributed by atoms with Crippen LogP contribution in [-0.4, -0.2) is 28.6 Å². The minimum absolute atomic E-state index is 0.000133. The number of ether oxygens (including phenoxy) is 1. The Labute approximate surface area is 118 Å². The fraction of sp³-hybridized carbons (Fsp3) is 0.467. The number of nitrogens with one attached hydrogen (secondary N) is 1. The minimum Gasteiger partial charge on any atom is -0.377 e. The smallest absolute Gasteiger partial charge is 0.240 e. The monoisotopic (exact) mass is 275 g/mol. The van der Waals surface area contributed by atoms with Crippen LogP contribution in [0.25, 0.3) is 11.0 Å². The molecule has 1 unspecified atom stereocenters. The molecule has 1 atom stereocenters. The van der Waals surface area contributed by atoms with E-state index in [4.69, 9.17) is 4.74 Å². The Balaban J connectivity index is 2.27. The lowest BCUT2D eigenvalue weighted by Crippen LogP contribution is -2.34. The second-order valence-corrected chi connectivity index (χ2v) is 4.91. The van der Waals surface area contributed by atoms with E-state index in [-0.39, 0.29) is 18.5 Å². The maximum Gasteiger partial charge on any atom is 0.240 e. The molecule has 0 radical (unpaired) electrons. The van der Waals surface area contributed by atoms with Crippen molar-refractivity contribution < 1.29 is 9.53 Å². The topological polar surface area (TPSA) is 56.2 Å². The van der Waals surface area contributed by atoms with Crippen molar-refractivity contribution in [3.8, 4) is 0 Å². The zero-order chi connectivity index (χ0) is 14.5. The first-order chi connectivity index (χ1) is 9.65. The van der Waals surface area contributed by atoms with Crippen LogP contribution in [0, 0.1) is 0 Å². The lowest BCUT2D eigenvalue weighted by Gasteiger charge is -2.13. The molecule has 1 heterocycles. The van der Waals surface area contributed by atoms with E-state index in [9.17, 15) is 4.79 Å². The van der Waals surface area contributed by atoms with E-state index in [0.717, 1.165) is 23.3 Å². The van der Waals surface area contributed by atoms with Crippen LogP contribution in [0.4, 0.5) is 0 Å². The lowest BCUT2D eigenvalue weighted by atomic mass is 10.2. The Morgan fingerprint density at radius 3 is 2.90 bits per heavy atom. The van der Waals surface area contributed by atoms with Gasteiger partial charge in [-0.3, -0.25) is 4.79 Å². The number of para-hydroxylation sites is 2. The third kappa shape index (κ3) is 3.17. The van der Waals surface area contributed by atoms with E-state index in [0.29, 0.717) is 6.61 Å². The third-order valence-electron chi connectivity index (χ3n) is 3.33. The zero-order valence-corrected chi connectivity index (χ0v) is 12.2. The molecule has 0 bridgehead atoms. The molecular formula is C15H21N3O2. The number of carbonyl (C=O) groups excluding carboxylic acids is 1. The van der Waals surface area contributed by atoms with Gasteiger partial charge in [0.15, 0.2) is 0 Å². The molecule has 1 aromatic heterocycles. The molecular weight excluding hydrogens is 254 g/mol. The number of hydrogen-bond acceptors (Lipinski definition) is 3. The van der Waals surface area contributed by atoms with Crippen molar-refractivity contribution in [1.29, 1.82) is 0 Å². The van der Waals surface area contributed by atoms with Gasteiger partial charge in [0.1, 0.15) is 19.0 Å². The summed E-state index contributed by atoms with van der Waals surface area (Å²) in [5.74, 6) is 0.771. The molecule has 1 N–H and O–H groups in total. The van der Waals surface area contributed by atoms with Gasteiger partial charge in [-0.05, 0) is 25.5 Å². The Kier molecular flexibility index (Phi) is 4.74. The van der Waals surface area contributed by atoms with E-state index < -0.39 is 0 Å². The lowest BCUT2D eigenvalue weighted by molar-refractivity contribution is -0.122. The molecule has 0 aliphatic carbocycles. The Hall–Kier alpha value is -1.88. The van der Waals surface area contributed by atoms with Gasteiger partial charge in [-0.15, -0.1) is 0 Å². The second-order valence-electron chi connectivity index (χ2n) is 4.91. The largest absolute Gasteiger partial charge is 0.377 e. The summed E-state index contributed by atoms with van der Waals surface area (Å²) < 4.78 is 7.08. The van der Waals surface area contributed by atoms with Gasteiger partial charge in [-0.2, -0.15) is 0 Å². The fourth-order valence-corrected chi connectivity index (χ4v) is 2.11. The van der Waals surface area contributed by atoms with Crippen LogP contribution in [0.5, 0.6) is 0 Å². The quantitative estimate of drug-likeness (QED) is 0.878. The van der Waals surface area contributed by atoms with Gasteiger partial charge >= 0.3 is 0 Å². The van der Waals surface area contributed by atoms with Crippen molar-refractivity contribution >= 4 is 16.9 Å². The summed E-state index contributed by atoms with van der Waals surface area (Å²) in [7, 11) is 1.63. The SMILES string of the molecule is CCC(C)NC(=O)Cn1c(COC)nc2ccccc21. The Morgan fingerprint density at radius 2 is 2.20 bits per heavy atom. The Morgan fingerprint density at radius 1 is 1.45 bits per heavy atom. The first-order valence-electron chi connectivity index (χ1n) is 6.88.